The molecule has 146 valence electrons. The number of hydrogen-bond donors (Lipinski definition) is 0. The van der Waals surface area contributed by atoms with Gasteiger partial charge < -0.3 is 9.30 Å². The van der Waals surface area contributed by atoms with E-state index in [4.69, 9.17) is 4.74 Å². The van der Waals surface area contributed by atoms with Gasteiger partial charge in [0.2, 0.25) is 6.54 Å². The lowest BCUT2D eigenvalue weighted by Gasteiger charge is -2.19. The second-order valence-corrected chi connectivity index (χ2v) is 7.80. The molecule has 0 aliphatic carbocycles. The SMILES string of the molecule is CC(C)(C)OC(=O)c1ccc(Cn2cc(CC[N+](=O)[O-])c3ccccc32)cc1. The van der Waals surface area contributed by atoms with Crippen molar-refractivity contribution in [3.63, 3.8) is 0 Å². The number of rotatable bonds is 6. The third-order valence-corrected chi connectivity index (χ3v) is 4.38. The average Bonchev–Trinajstić information content (AvgIpc) is 2.97. The molecule has 0 aliphatic heterocycles. The summed E-state index contributed by atoms with van der Waals surface area (Å²) in [4.78, 5) is 22.6. The van der Waals surface area contributed by atoms with E-state index in [-0.39, 0.29) is 17.4 Å². The molecule has 28 heavy (non-hydrogen) atoms. The van der Waals surface area contributed by atoms with Crippen molar-refractivity contribution in [1.82, 2.24) is 4.57 Å². The van der Waals surface area contributed by atoms with Gasteiger partial charge in [0, 0.05) is 35.0 Å². The Morgan fingerprint density at radius 2 is 1.79 bits per heavy atom. The minimum Gasteiger partial charge on any atom is -0.456 e. The van der Waals surface area contributed by atoms with E-state index >= 15 is 0 Å². The molecule has 0 spiro atoms. The number of fused-ring (bicyclic) bond motifs is 1. The van der Waals surface area contributed by atoms with E-state index in [1.807, 2.05) is 63.4 Å². The molecule has 1 aromatic heterocycles. The number of nitro groups is 1. The molecule has 0 fully saturated rings. The number of aromatic nitrogens is 1. The zero-order valence-corrected chi connectivity index (χ0v) is 16.3. The summed E-state index contributed by atoms with van der Waals surface area (Å²) in [5.74, 6) is -0.340. The number of carbonyl (C=O) groups excluding carboxylic acids is 1. The summed E-state index contributed by atoms with van der Waals surface area (Å²) in [5.41, 5.74) is 3.03. The lowest BCUT2D eigenvalue weighted by Crippen LogP contribution is -2.23. The first-order chi connectivity index (χ1) is 13.2. The van der Waals surface area contributed by atoms with E-state index < -0.39 is 5.60 Å². The second kappa shape index (κ2) is 7.84. The van der Waals surface area contributed by atoms with Crippen LogP contribution in [0.2, 0.25) is 0 Å². The third kappa shape index (κ3) is 4.76. The van der Waals surface area contributed by atoms with Crippen molar-refractivity contribution in [2.45, 2.75) is 39.3 Å². The molecule has 1 heterocycles. The van der Waals surface area contributed by atoms with E-state index in [2.05, 4.69) is 4.57 Å². The highest BCUT2D eigenvalue weighted by atomic mass is 16.6. The van der Waals surface area contributed by atoms with Gasteiger partial charge in [0.1, 0.15) is 5.60 Å². The van der Waals surface area contributed by atoms with Crippen LogP contribution in [0.3, 0.4) is 0 Å². The molecule has 0 bridgehead atoms. The Bertz CT molecular complexity index is 998. The molecule has 3 rings (SSSR count). The lowest BCUT2D eigenvalue weighted by atomic mass is 10.1. The zero-order chi connectivity index (χ0) is 20.3. The highest BCUT2D eigenvalue weighted by molar-refractivity contribution is 5.89. The standard InChI is InChI=1S/C22H24N2O4/c1-22(2,3)28-21(25)17-10-8-16(9-11-17)14-23-15-18(12-13-24(26)27)19-6-4-5-7-20(19)23/h4-11,15H,12-14H2,1-3H3. The molecule has 2 aromatic carbocycles. The third-order valence-electron chi connectivity index (χ3n) is 4.38. The second-order valence-electron chi connectivity index (χ2n) is 7.80. The Labute approximate surface area is 163 Å². The van der Waals surface area contributed by atoms with Gasteiger partial charge >= 0.3 is 5.97 Å². The van der Waals surface area contributed by atoms with Crippen LogP contribution in [0.25, 0.3) is 10.9 Å². The fourth-order valence-electron chi connectivity index (χ4n) is 3.14. The van der Waals surface area contributed by atoms with Crippen LogP contribution in [0.4, 0.5) is 0 Å². The number of benzene rings is 2. The van der Waals surface area contributed by atoms with Crippen LogP contribution in [0.5, 0.6) is 0 Å². The van der Waals surface area contributed by atoms with E-state index in [0.29, 0.717) is 18.5 Å². The number of hydrogen-bond acceptors (Lipinski definition) is 4. The smallest absolute Gasteiger partial charge is 0.338 e. The molecule has 0 N–H and O–H groups in total. The molecule has 0 unspecified atom stereocenters. The van der Waals surface area contributed by atoms with E-state index in [9.17, 15) is 14.9 Å². The number of para-hydroxylation sites is 1. The molecule has 0 saturated carbocycles. The quantitative estimate of drug-likeness (QED) is 0.359. The molecule has 0 radical (unpaired) electrons. The zero-order valence-electron chi connectivity index (χ0n) is 16.3. The molecule has 0 amide bonds. The molecule has 0 atom stereocenters. The molecule has 0 aliphatic rings. The van der Waals surface area contributed by atoms with Gasteiger partial charge in [-0.2, -0.15) is 0 Å². The van der Waals surface area contributed by atoms with Crippen molar-refractivity contribution in [2.75, 3.05) is 6.54 Å². The van der Waals surface area contributed by atoms with Gasteiger partial charge in [-0.15, -0.1) is 0 Å². The van der Waals surface area contributed by atoms with Gasteiger partial charge in [0.25, 0.3) is 0 Å². The Hall–Kier alpha value is -3.15. The Morgan fingerprint density at radius 1 is 1.11 bits per heavy atom. The monoisotopic (exact) mass is 380 g/mol. The summed E-state index contributed by atoms with van der Waals surface area (Å²) in [6.07, 6.45) is 2.38. The highest BCUT2D eigenvalue weighted by Crippen LogP contribution is 2.23. The Morgan fingerprint density at radius 3 is 2.43 bits per heavy atom. The molecule has 6 nitrogen and oxygen atoms in total. The summed E-state index contributed by atoms with van der Waals surface area (Å²) >= 11 is 0. The number of esters is 1. The van der Waals surface area contributed by atoms with E-state index in [1.54, 1.807) is 12.1 Å². The van der Waals surface area contributed by atoms with Crippen LogP contribution >= 0.6 is 0 Å². The maximum atomic E-state index is 12.2. The van der Waals surface area contributed by atoms with Crippen molar-refractivity contribution in [3.05, 3.63) is 81.5 Å². The van der Waals surface area contributed by atoms with Crippen LogP contribution < -0.4 is 0 Å². The minimum absolute atomic E-state index is 0.0847. The average molecular weight is 380 g/mol. The van der Waals surface area contributed by atoms with Gasteiger partial charge in [0.15, 0.2) is 0 Å². The van der Waals surface area contributed by atoms with Crippen molar-refractivity contribution < 1.29 is 14.5 Å². The fourth-order valence-corrected chi connectivity index (χ4v) is 3.14. The normalized spacial score (nSPS) is 11.5. The van der Waals surface area contributed by atoms with Gasteiger partial charge in [-0.25, -0.2) is 4.79 Å². The minimum atomic E-state index is -0.528. The number of nitrogens with zero attached hydrogens (tertiary/aromatic N) is 2. The summed E-state index contributed by atoms with van der Waals surface area (Å²) in [6.45, 7) is 6.05. The van der Waals surface area contributed by atoms with E-state index in [0.717, 1.165) is 22.0 Å². The largest absolute Gasteiger partial charge is 0.456 e. The van der Waals surface area contributed by atoms with Crippen LogP contribution in [-0.4, -0.2) is 27.6 Å². The lowest BCUT2D eigenvalue weighted by molar-refractivity contribution is -0.479. The van der Waals surface area contributed by atoms with Crippen molar-refractivity contribution in [3.8, 4) is 0 Å². The van der Waals surface area contributed by atoms with Crippen molar-refractivity contribution >= 4 is 16.9 Å². The predicted octanol–water partition coefficient (Wildman–Crippen LogP) is 4.46. The molecule has 0 saturated heterocycles. The first-order valence-corrected chi connectivity index (χ1v) is 9.24. The topological polar surface area (TPSA) is 74.4 Å². The van der Waals surface area contributed by atoms with Gasteiger partial charge in [-0.05, 0) is 50.1 Å². The first kappa shape index (κ1) is 19.6. The van der Waals surface area contributed by atoms with Gasteiger partial charge in [0.05, 0.1) is 5.56 Å². The molecular weight excluding hydrogens is 356 g/mol. The van der Waals surface area contributed by atoms with Crippen LogP contribution in [-0.2, 0) is 17.7 Å². The summed E-state index contributed by atoms with van der Waals surface area (Å²) in [7, 11) is 0. The van der Waals surface area contributed by atoms with Crippen LogP contribution in [0.15, 0.2) is 54.7 Å². The summed E-state index contributed by atoms with van der Waals surface area (Å²) in [6, 6.07) is 15.3. The number of carbonyl (C=O) groups is 1. The van der Waals surface area contributed by atoms with Crippen molar-refractivity contribution in [2.24, 2.45) is 0 Å². The predicted molar refractivity (Wildman–Crippen MR) is 108 cm³/mol. The maximum absolute atomic E-state index is 12.2. The number of ether oxygens (including phenoxy) is 1. The molecular formula is C22H24N2O4. The highest BCUT2D eigenvalue weighted by Gasteiger charge is 2.17. The maximum Gasteiger partial charge on any atom is 0.338 e. The van der Waals surface area contributed by atoms with Crippen molar-refractivity contribution in [1.29, 1.82) is 0 Å². The Balaban J connectivity index is 1.81. The van der Waals surface area contributed by atoms with Crippen LogP contribution in [0, 0.1) is 10.1 Å². The molecule has 3 aromatic rings. The van der Waals surface area contributed by atoms with Gasteiger partial charge in [-0.1, -0.05) is 30.3 Å². The van der Waals surface area contributed by atoms with Crippen LogP contribution in [0.1, 0.15) is 42.3 Å². The van der Waals surface area contributed by atoms with E-state index in [1.165, 1.54) is 0 Å². The fraction of sp³-hybridized carbons (Fsp3) is 0.318. The summed E-state index contributed by atoms with van der Waals surface area (Å²) in [5, 5.41) is 11.8. The molecule has 6 heteroatoms. The summed E-state index contributed by atoms with van der Waals surface area (Å²) < 4.78 is 7.48. The first-order valence-electron chi connectivity index (χ1n) is 9.24. The van der Waals surface area contributed by atoms with Gasteiger partial charge in [-0.3, -0.25) is 10.1 Å². The Kier molecular flexibility index (Phi) is 5.49.